The van der Waals surface area contributed by atoms with Gasteiger partial charge in [0.25, 0.3) is 0 Å². The van der Waals surface area contributed by atoms with Crippen LogP contribution < -0.4 is 0 Å². The first kappa shape index (κ1) is 16.9. The summed E-state index contributed by atoms with van der Waals surface area (Å²) in [6.45, 7) is 2.33. The van der Waals surface area contributed by atoms with Crippen LogP contribution in [0.5, 0.6) is 0 Å². The van der Waals surface area contributed by atoms with Gasteiger partial charge in [-0.2, -0.15) is 5.26 Å². The van der Waals surface area contributed by atoms with Gasteiger partial charge in [0.05, 0.1) is 12.2 Å². The minimum Gasteiger partial charge on any atom is -0.307 e. The zero-order valence-electron chi connectivity index (χ0n) is 13.0. The predicted octanol–water partition coefficient (Wildman–Crippen LogP) is 4.64. The molecule has 2 rings (SSSR count). The molecular formula is C19H18N2OS. The Morgan fingerprint density at radius 3 is 2.30 bits per heavy atom. The number of nitriles is 1. The molecule has 0 spiro atoms. The Hall–Kier alpha value is -2.51. The van der Waals surface area contributed by atoms with Crippen LogP contribution in [0.15, 0.2) is 66.1 Å². The molecule has 116 valence electrons. The van der Waals surface area contributed by atoms with E-state index in [1.165, 1.54) is 0 Å². The highest BCUT2D eigenvalue weighted by Gasteiger charge is 2.18. The second kappa shape index (κ2) is 8.82. The molecule has 0 radical (unpaired) electrons. The van der Waals surface area contributed by atoms with Gasteiger partial charge in [-0.3, -0.25) is 4.79 Å². The third-order valence-corrected chi connectivity index (χ3v) is 3.82. The highest BCUT2D eigenvalue weighted by Crippen LogP contribution is 2.25. The summed E-state index contributed by atoms with van der Waals surface area (Å²) in [5.74, 6) is 0.0301. The minimum absolute atomic E-state index is 0.0301. The van der Waals surface area contributed by atoms with E-state index in [0.717, 1.165) is 28.6 Å². The van der Waals surface area contributed by atoms with Gasteiger partial charge in [-0.05, 0) is 22.9 Å². The maximum Gasteiger partial charge on any atom is 0.227 e. The smallest absolute Gasteiger partial charge is 0.227 e. The Morgan fingerprint density at radius 1 is 1.13 bits per heavy atom. The van der Waals surface area contributed by atoms with Gasteiger partial charge in [0, 0.05) is 11.8 Å². The van der Waals surface area contributed by atoms with Crippen LogP contribution in [0.3, 0.4) is 0 Å². The van der Waals surface area contributed by atoms with Crippen LogP contribution in [0.25, 0.3) is 5.70 Å². The SMILES string of the molecule is CCC(=O)N(Cc1ccccc1)/C(=C/SC#N)c1ccccc1. The predicted molar refractivity (Wildman–Crippen MR) is 94.9 cm³/mol. The fraction of sp³-hybridized carbons (Fsp3) is 0.158. The van der Waals surface area contributed by atoms with Crippen LogP contribution in [0.2, 0.25) is 0 Å². The molecule has 0 fully saturated rings. The second-order valence-electron chi connectivity index (χ2n) is 4.90. The molecule has 0 aromatic heterocycles. The molecule has 0 aliphatic rings. The van der Waals surface area contributed by atoms with Gasteiger partial charge in [-0.1, -0.05) is 67.6 Å². The van der Waals surface area contributed by atoms with E-state index in [9.17, 15) is 4.79 Å². The number of benzene rings is 2. The third kappa shape index (κ3) is 4.73. The van der Waals surface area contributed by atoms with Gasteiger partial charge in [0.15, 0.2) is 0 Å². The maximum absolute atomic E-state index is 12.5. The van der Waals surface area contributed by atoms with Crippen molar-refractivity contribution in [3.63, 3.8) is 0 Å². The molecule has 0 unspecified atom stereocenters. The lowest BCUT2D eigenvalue weighted by Gasteiger charge is -2.25. The molecule has 0 saturated heterocycles. The topological polar surface area (TPSA) is 44.1 Å². The molecule has 4 heteroatoms. The van der Waals surface area contributed by atoms with E-state index in [2.05, 4.69) is 0 Å². The summed E-state index contributed by atoms with van der Waals surface area (Å²) < 4.78 is 0. The van der Waals surface area contributed by atoms with E-state index in [1.807, 2.05) is 73.0 Å². The van der Waals surface area contributed by atoms with Gasteiger partial charge in [-0.25, -0.2) is 0 Å². The van der Waals surface area contributed by atoms with E-state index in [-0.39, 0.29) is 5.91 Å². The Balaban J connectivity index is 2.41. The summed E-state index contributed by atoms with van der Waals surface area (Å²) in [6.07, 6.45) is 0.411. The number of thiocyanates is 1. The van der Waals surface area contributed by atoms with Crippen LogP contribution in [0.4, 0.5) is 0 Å². The third-order valence-electron chi connectivity index (χ3n) is 3.37. The van der Waals surface area contributed by atoms with Gasteiger partial charge < -0.3 is 4.90 Å². The number of hydrogen-bond donors (Lipinski definition) is 0. The highest BCUT2D eigenvalue weighted by atomic mass is 32.2. The number of rotatable bonds is 6. The molecule has 3 nitrogen and oxygen atoms in total. The van der Waals surface area contributed by atoms with Crippen LogP contribution in [-0.4, -0.2) is 10.8 Å². The average molecular weight is 322 g/mol. The molecule has 2 aromatic rings. The van der Waals surface area contributed by atoms with Crippen molar-refractivity contribution in [2.45, 2.75) is 19.9 Å². The van der Waals surface area contributed by atoms with Gasteiger partial charge in [0.1, 0.15) is 5.40 Å². The Morgan fingerprint density at radius 2 is 1.74 bits per heavy atom. The van der Waals surface area contributed by atoms with Crippen molar-refractivity contribution in [1.82, 2.24) is 4.90 Å². The van der Waals surface area contributed by atoms with Crippen molar-refractivity contribution in [3.05, 3.63) is 77.2 Å². The van der Waals surface area contributed by atoms with Crippen molar-refractivity contribution < 1.29 is 4.79 Å². The van der Waals surface area contributed by atoms with E-state index in [4.69, 9.17) is 5.26 Å². The molecule has 0 atom stereocenters. The van der Waals surface area contributed by atoms with E-state index < -0.39 is 0 Å². The van der Waals surface area contributed by atoms with Crippen LogP contribution in [0, 0.1) is 10.7 Å². The van der Waals surface area contributed by atoms with Gasteiger partial charge >= 0.3 is 0 Å². The molecule has 1 amide bonds. The standard InChI is InChI=1S/C19H18N2OS/c1-2-19(22)21(13-16-9-5-3-6-10-16)18(14-23-15-20)17-11-7-4-8-12-17/h3-12,14H,2,13H2,1H3/b18-14+. The lowest BCUT2D eigenvalue weighted by atomic mass is 10.1. The Labute approximate surface area is 141 Å². The number of nitrogens with zero attached hydrogens (tertiary/aromatic N) is 2. The Kier molecular flexibility index (Phi) is 6.46. The number of amides is 1. The van der Waals surface area contributed by atoms with Crippen LogP contribution >= 0.6 is 11.8 Å². The summed E-state index contributed by atoms with van der Waals surface area (Å²) in [4.78, 5) is 14.2. The zero-order valence-corrected chi connectivity index (χ0v) is 13.8. The first-order valence-electron chi connectivity index (χ1n) is 7.41. The minimum atomic E-state index is 0.0301. The molecule has 0 bridgehead atoms. The summed E-state index contributed by atoms with van der Waals surface area (Å²) in [5, 5.41) is 12.7. The first-order valence-corrected chi connectivity index (χ1v) is 8.28. The number of hydrogen-bond acceptors (Lipinski definition) is 3. The largest absolute Gasteiger partial charge is 0.307 e. The number of carbonyl (C=O) groups excluding carboxylic acids is 1. The summed E-state index contributed by atoms with van der Waals surface area (Å²) >= 11 is 1.03. The van der Waals surface area contributed by atoms with Gasteiger partial charge in [0.2, 0.25) is 5.91 Å². The van der Waals surface area contributed by atoms with Crippen molar-refractivity contribution in [1.29, 1.82) is 5.26 Å². The number of thioether (sulfide) groups is 1. The van der Waals surface area contributed by atoms with Crippen LogP contribution in [0.1, 0.15) is 24.5 Å². The lowest BCUT2D eigenvalue weighted by Crippen LogP contribution is -2.28. The molecule has 0 N–H and O–H groups in total. The molecule has 0 heterocycles. The van der Waals surface area contributed by atoms with E-state index in [1.54, 1.807) is 10.3 Å². The van der Waals surface area contributed by atoms with Gasteiger partial charge in [-0.15, -0.1) is 0 Å². The summed E-state index contributed by atoms with van der Waals surface area (Å²) in [7, 11) is 0. The summed E-state index contributed by atoms with van der Waals surface area (Å²) in [6, 6.07) is 19.5. The molecule has 0 aliphatic carbocycles. The highest BCUT2D eigenvalue weighted by molar-refractivity contribution is 8.06. The monoisotopic (exact) mass is 322 g/mol. The maximum atomic E-state index is 12.5. The van der Waals surface area contributed by atoms with Crippen molar-refractivity contribution in [2.24, 2.45) is 0 Å². The van der Waals surface area contributed by atoms with Crippen LogP contribution in [-0.2, 0) is 11.3 Å². The fourth-order valence-corrected chi connectivity index (χ4v) is 2.67. The normalized spacial score (nSPS) is 10.9. The Bertz CT molecular complexity index is 705. The molecule has 0 saturated carbocycles. The molecular weight excluding hydrogens is 304 g/mol. The molecule has 23 heavy (non-hydrogen) atoms. The molecule has 2 aromatic carbocycles. The fourth-order valence-electron chi connectivity index (χ4n) is 2.24. The van der Waals surface area contributed by atoms with Crippen molar-refractivity contribution in [2.75, 3.05) is 0 Å². The van der Waals surface area contributed by atoms with Crippen molar-refractivity contribution in [3.8, 4) is 5.40 Å². The number of carbonyl (C=O) groups is 1. The zero-order chi connectivity index (χ0) is 16.5. The summed E-state index contributed by atoms with van der Waals surface area (Å²) in [5.41, 5.74) is 2.74. The second-order valence-corrected chi connectivity index (χ2v) is 5.55. The lowest BCUT2D eigenvalue weighted by molar-refractivity contribution is -0.128. The molecule has 0 aliphatic heterocycles. The van der Waals surface area contributed by atoms with Crippen molar-refractivity contribution >= 4 is 23.4 Å². The van der Waals surface area contributed by atoms with E-state index >= 15 is 0 Å². The quantitative estimate of drug-likeness (QED) is 0.728. The first-order chi connectivity index (χ1) is 11.3. The average Bonchev–Trinajstić information content (AvgIpc) is 2.62. The van der Waals surface area contributed by atoms with E-state index in [0.29, 0.717) is 13.0 Å².